The molecule has 40 heavy (non-hydrogen) atoms. The van der Waals surface area contributed by atoms with Crippen molar-refractivity contribution in [1.29, 1.82) is 0 Å². The molecule has 0 unspecified atom stereocenters. The number of primary amides is 1. The predicted octanol–water partition coefficient (Wildman–Crippen LogP) is 6.56. The molecule has 1 aromatic carbocycles. The molecule has 4 aromatic heterocycles. The molecule has 0 saturated carbocycles. The SMILES string of the molecule is CCn1ncc(-c2cc(C(F)(F)F)nc3sc(C(N)=O)c(NC(=O)c4cc(-c5ccc(Cl)cc5Cl)n[nH]4)c23)c1C. The molecule has 0 spiro atoms. The summed E-state index contributed by atoms with van der Waals surface area (Å²) < 4.78 is 43.0. The smallest absolute Gasteiger partial charge is 0.365 e. The van der Waals surface area contributed by atoms with Crippen LogP contribution in [-0.4, -0.2) is 36.8 Å². The van der Waals surface area contributed by atoms with Crippen LogP contribution in [0.2, 0.25) is 10.0 Å². The van der Waals surface area contributed by atoms with Gasteiger partial charge in [-0.05, 0) is 49.7 Å². The van der Waals surface area contributed by atoms with Gasteiger partial charge in [0, 0.05) is 33.8 Å². The summed E-state index contributed by atoms with van der Waals surface area (Å²) in [4.78, 5) is 29.1. The van der Waals surface area contributed by atoms with E-state index in [9.17, 15) is 22.8 Å². The number of hydrogen-bond acceptors (Lipinski definition) is 6. The van der Waals surface area contributed by atoms with Crippen LogP contribution in [-0.2, 0) is 12.7 Å². The maximum atomic E-state index is 13.8. The van der Waals surface area contributed by atoms with Crippen LogP contribution in [0, 0.1) is 6.92 Å². The molecular formula is C25H18Cl2F3N7O2S. The molecule has 0 aliphatic carbocycles. The number of rotatable bonds is 6. The number of carbonyl (C=O) groups excluding carboxylic acids is 2. The molecule has 0 atom stereocenters. The number of aryl methyl sites for hydroxylation is 1. The number of amides is 2. The minimum Gasteiger partial charge on any atom is -0.365 e. The summed E-state index contributed by atoms with van der Waals surface area (Å²) in [7, 11) is 0. The molecule has 206 valence electrons. The zero-order chi connectivity index (χ0) is 28.9. The van der Waals surface area contributed by atoms with Gasteiger partial charge in [0.2, 0.25) is 0 Å². The summed E-state index contributed by atoms with van der Waals surface area (Å²) in [5.41, 5.74) is 6.25. The average Bonchev–Trinajstić information content (AvgIpc) is 3.60. The second-order valence-corrected chi connectivity index (χ2v) is 10.5. The first kappa shape index (κ1) is 27.6. The number of aromatic amines is 1. The van der Waals surface area contributed by atoms with Crippen LogP contribution in [0.3, 0.4) is 0 Å². The summed E-state index contributed by atoms with van der Waals surface area (Å²) in [6.45, 7) is 4.02. The van der Waals surface area contributed by atoms with Gasteiger partial charge in [-0.25, -0.2) is 4.98 Å². The summed E-state index contributed by atoms with van der Waals surface area (Å²) in [5.74, 6) is -1.67. The third-order valence-electron chi connectivity index (χ3n) is 6.14. The van der Waals surface area contributed by atoms with E-state index in [0.717, 1.165) is 6.07 Å². The Morgan fingerprint density at radius 1 is 1.15 bits per heavy atom. The highest BCUT2D eigenvalue weighted by molar-refractivity contribution is 7.21. The number of nitrogens with two attached hydrogens (primary N) is 1. The number of aromatic nitrogens is 5. The second kappa shape index (κ2) is 10.2. The fraction of sp³-hybridized carbons (Fsp3) is 0.160. The van der Waals surface area contributed by atoms with Crippen molar-refractivity contribution in [2.75, 3.05) is 5.32 Å². The fourth-order valence-electron chi connectivity index (χ4n) is 4.23. The van der Waals surface area contributed by atoms with E-state index in [1.165, 1.54) is 18.3 Å². The average molecular weight is 608 g/mol. The number of thiophene rings is 1. The number of halogens is 5. The zero-order valence-electron chi connectivity index (χ0n) is 20.7. The predicted molar refractivity (Wildman–Crippen MR) is 147 cm³/mol. The van der Waals surface area contributed by atoms with Gasteiger partial charge in [0.1, 0.15) is 21.1 Å². The molecule has 0 fully saturated rings. The molecule has 0 bridgehead atoms. The number of carbonyl (C=O) groups is 2. The van der Waals surface area contributed by atoms with Crippen molar-refractivity contribution in [3.05, 3.63) is 68.5 Å². The Balaban J connectivity index is 1.65. The molecule has 9 nitrogen and oxygen atoms in total. The number of alkyl halides is 3. The summed E-state index contributed by atoms with van der Waals surface area (Å²) in [6, 6.07) is 7.07. The molecule has 4 heterocycles. The van der Waals surface area contributed by atoms with Gasteiger partial charge in [0.25, 0.3) is 11.8 Å². The van der Waals surface area contributed by atoms with Crippen LogP contribution in [0.4, 0.5) is 18.9 Å². The van der Waals surface area contributed by atoms with E-state index in [0.29, 0.717) is 50.4 Å². The van der Waals surface area contributed by atoms with Crippen molar-refractivity contribution in [3.8, 4) is 22.4 Å². The second-order valence-electron chi connectivity index (χ2n) is 8.61. The van der Waals surface area contributed by atoms with Crippen LogP contribution in [0.15, 0.2) is 36.5 Å². The molecular weight excluding hydrogens is 590 g/mol. The Labute approximate surface area is 238 Å². The van der Waals surface area contributed by atoms with Crippen LogP contribution in [0.25, 0.3) is 32.6 Å². The number of pyridine rings is 1. The topological polar surface area (TPSA) is 132 Å². The molecule has 0 radical (unpaired) electrons. The van der Waals surface area contributed by atoms with Crippen molar-refractivity contribution >= 4 is 62.3 Å². The van der Waals surface area contributed by atoms with Gasteiger partial charge in [-0.15, -0.1) is 11.3 Å². The number of nitrogens with zero attached hydrogens (tertiary/aromatic N) is 4. The standard InChI is InChI=1S/C25H18Cl2F3N7O2S/c1-3-37-10(2)14(9-32-37)13-7-18(25(28,29)30)33-24-19(13)20(21(40-24)22(31)38)34-23(39)17-8-16(35-36-17)12-5-4-11(26)6-15(12)27/h4-9H,3H2,1-2H3,(H2,31,38)(H,34,39)(H,35,36). The van der Waals surface area contributed by atoms with E-state index in [-0.39, 0.29) is 32.0 Å². The normalized spacial score (nSPS) is 11.8. The number of fused-ring (bicyclic) bond motifs is 1. The molecule has 4 N–H and O–H groups in total. The third-order valence-corrected chi connectivity index (χ3v) is 7.78. The molecule has 0 aliphatic rings. The molecule has 2 amide bonds. The number of hydrogen-bond donors (Lipinski definition) is 3. The Morgan fingerprint density at radius 3 is 2.52 bits per heavy atom. The molecule has 0 saturated heterocycles. The molecule has 15 heteroatoms. The van der Waals surface area contributed by atoms with Gasteiger partial charge in [-0.2, -0.15) is 23.4 Å². The summed E-state index contributed by atoms with van der Waals surface area (Å²) in [6.07, 6.45) is -3.34. The minimum absolute atomic E-state index is 0.00723. The first-order valence-corrected chi connectivity index (χ1v) is 13.2. The Bertz CT molecular complexity index is 1810. The quantitative estimate of drug-likeness (QED) is 0.201. The number of nitrogens with one attached hydrogen (secondary N) is 2. The lowest BCUT2D eigenvalue weighted by Crippen LogP contribution is -2.17. The van der Waals surface area contributed by atoms with E-state index in [4.69, 9.17) is 28.9 Å². The monoisotopic (exact) mass is 607 g/mol. The van der Waals surface area contributed by atoms with Crippen molar-refractivity contribution < 1.29 is 22.8 Å². The first-order valence-electron chi connectivity index (χ1n) is 11.6. The zero-order valence-corrected chi connectivity index (χ0v) is 23.0. The first-order chi connectivity index (χ1) is 18.9. The lowest BCUT2D eigenvalue weighted by atomic mass is 10.0. The van der Waals surface area contributed by atoms with E-state index in [2.05, 4.69) is 25.6 Å². The van der Waals surface area contributed by atoms with E-state index in [1.807, 2.05) is 6.92 Å². The Morgan fingerprint density at radius 2 is 1.90 bits per heavy atom. The molecule has 5 aromatic rings. The molecule has 5 rings (SSSR count). The van der Waals surface area contributed by atoms with Crippen LogP contribution in [0.5, 0.6) is 0 Å². The lowest BCUT2D eigenvalue weighted by Gasteiger charge is -2.12. The van der Waals surface area contributed by atoms with Gasteiger partial charge >= 0.3 is 6.18 Å². The van der Waals surface area contributed by atoms with Crippen molar-refractivity contribution in [1.82, 2.24) is 25.0 Å². The van der Waals surface area contributed by atoms with Gasteiger partial charge in [0.15, 0.2) is 0 Å². The van der Waals surface area contributed by atoms with Gasteiger partial charge in [0.05, 0.1) is 22.6 Å². The van der Waals surface area contributed by atoms with Gasteiger partial charge in [-0.3, -0.25) is 19.4 Å². The summed E-state index contributed by atoms with van der Waals surface area (Å²) in [5, 5.41) is 14.5. The van der Waals surface area contributed by atoms with Gasteiger partial charge in [-0.1, -0.05) is 23.2 Å². The third kappa shape index (κ3) is 4.91. The van der Waals surface area contributed by atoms with Crippen LogP contribution >= 0.6 is 34.5 Å². The minimum atomic E-state index is -4.77. The maximum Gasteiger partial charge on any atom is 0.433 e. The summed E-state index contributed by atoms with van der Waals surface area (Å²) >= 11 is 12.9. The van der Waals surface area contributed by atoms with Crippen molar-refractivity contribution in [2.24, 2.45) is 5.73 Å². The van der Waals surface area contributed by atoms with Crippen molar-refractivity contribution in [3.63, 3.8) is 0 Å². The largest absolute Gasteiger partial charge is 0.433 e. The number of anilines is 1. The van der Waals surface area contributed by atoms with Crippen molar-refractivity contribution in [2.45, 2.75) is 26.6 Å². The molecule has 0 aliphatic heterocycles. The van der Waals surface area contributed by atoms with E-state index in [1.54, 1.807) is 23.7 Å². The number of H-pyrrole nitrogens is 1. The Kier molecular flexibility index (Phi) is 7.06. The van der Waals surface area contributed by atoms with E-state index >= 15 is 0 Å². The van der Waals surface area contributed by atoms with E-state index < -0.39 is 23.7 Å². The highest BCUT2D eigenvalue weighted by atomic mass is 35.5. The maximum absolute atomic E-state index is 13.8. The fourth-order valence-corrected chi connectivity index (χ4v) is 5.75. The van der Waals surface area contributed by atoms with Crippen LogP contribution in [0.1, 0.15) is 38.5 Å². The highest BCUT2D eigenvalue weighted by Crippen LogP contribution is 2.44. The van der Waals surface area contributed by atoms with Gasteiger partial charge < -0.3 is 11.1 Å². The Hall–Kier alpha value is -3.94. The lowest BCUT2D eigenvalue weighted by molar-refractivity contribution is -0.140. The number of benzene rings is 1. The highest BCUT2D eigenvalue weighted by Gasteiger charge is 2.35. The van der Waals surface area contributed by atoms with Crippen LogP contribution < -0.4 is 11.1 Å².